The van der Waals surface area contributed by atoms with Crippen LogP contribution in [0.25, 0.3) is 0 Å². The van der Waals surface area contributed by atoms with Gasteiger partial charge in [0.15, 0.2) is 0 Å². The molecular weight excluding hydrogens is 453 g/mol. The van der Waals surface area contributed by atoms with Gasteiger partial charge in [-0.25, -0.2) is 9.18 Å². The number of piperazine rings is 1. The average molecular weight is 480 g/mol. The number of carbonyl (C=O) groups excluding carboxylic acids is 3. The van der Waals surface area contributed by atoms with Gasteiger partial charge < -0.3 is 30.2 Å². The molecule has 10 heteroatoms. The molecule has 182 valence electrons. The fraction of sp³-hybridized carbons (Fsp3) is 0.240. The van der Waals surface area contributed by atoms with Crippen molar-refractivity contribution in [2.45, 2.75) is 6.92 Å². The van der Waals surface area contributed by atoms with E-state index in [4.69, 9.17) is 4.42 Å². The fourth-order valence-electron chi connectivity index (χ4n) is 3.80. The molecule has 0 atom stereocenters. The summed E-state index contributed by atoms with van der Waals surface area (Å²) < 4.78 is 19.3. The SMILES string of the molecule is Cc1occc1C(=O)Nc1cc(NC(=O)NCC(=O)N2CCN(c3ccccc3)CC2)ccc1F. The Balaban J connectivity index is 1.26. The Morgan fingerprint density at radius 1 is 0.971 bits per heavy atom. The summed E-state index contributed by atoms with van der Waals surface area (Å²) in [5.41, 5.74) is 1.56. The van der Waals surface area contributed by atoms with Gasteiger partial charge >= 0.3 is 6.03 Å². The van der Waals surface area contributed by atoms with E-state index in [1.54, 1.807) is 11.8 Å². The number of rotatable bonds is 6. The molecule has 1 aliphatic rings. The molecule has 35 heavy (non-hydrogen) atoms. The Labute approximate surface area is 201 Å². The average Bonchev–Trinajstić information content (AvgIpc) is 3.31. The number of nitrogens with zero attached hydrogens (tertiary/aromatic N) is 2. The van der Waals surface area contributed by atoms with Gasteiger partial charge in [0.2, 0.25) is 5.91 Å². The molecule has 2 heterocycles. The van der Waals surface area contributed by atoms with Crippen LogP contribution in [0, 0.1) is 12.7 Å². The fourth-order valence-corrected chi connectivity index (χ4v) is 3.80. The van der Waals surface area contributed by atoms with Gasteiger partial charge in [-0.1, -0.05) is 18.2 Å². The maximum Gasteiger partial charge on any atom is 0.319 e. The maximum absolute atomic E-state index is 14.2. The minimum absolute atomic E-state index is 0.0965. The van der Waals surface area contributed by atoms with Crippen LogP contribution in [-0.2, 0) is 4.79 Å². The van der Waals surface area contributed by atoms with Crippen LogP contribution in [0.2, 0.25) is 0 Å². The van der Waals surface area contributed by atoms with Crippen molar-refractivity contribution >= 4 is 34.9 Å². The summed E-state index contributed by atoms with van der Waals surface area (Å²) in [6.07, 6.45) is 1.37. The van der Waals surface area contributed by atoms with Crippen molar-refractivity contribution in [3.63, 3.8) is 0 Å². The second-order valence-corrected chi connectivity index (χ2v) is 8.05. The first kappa shape index (κ1) is 23.8. The van der Waals surface area contributed by atoms with E-state index in [0.717, 1.165) is 11.8 Å². The quantitative estimate of drug-likeness (QED) is 0.502. The lowest BCUT2D eigenvalue weighted by atomic mass is 10.2. The molecule has 0 aliphatic carbocycles. The first-order chi connectivity index (χ1) is 16.9. The molecule has 1 aromatic heterocycles. The zero-order valence-electron chi connectivity index (χ0n) is 19.2. The lowest BCUT2D eigenvalue weighted by Gasteiger charge is -2.36. The summed E-state index contributed by atoms with van der Waals surface area (Å²) in [7, 11) is 0. The summed E-state index contributed by atoms with van der Waals surface area (Å²) in [6.45, 7) is 4.01. The summed E-state index contributed by atoms with van der Waals surface area (Å²) in [5, 5.41) is 7.54. The molecule has 0 unspecified atom stereocenters. The van der Waals surface area contributed by atoms with Gasteiger partial charge in [-0.05, 0) is 43.3 Å². The van der Waals surface area contributed by atoms with Crippen molar-refractivity contribution in [3.8, 4) is 0 Å². The first-order valence-electron chi connectivity index (χ1n) is 11.2. The van der Waals surface area contributed by atoms with Gasteiger partial charge in [-0.2, -0.15) is 0 Å². The lowest BCUT2D eigenvalue weighted by Crippen LogP contribution is -2.51. The standard InChI is InChI=1S/C25H26FN5O4/c1-17-20(9-14-35-17)24(33)29-22-15-18(7-8-21(22)26)28-25(34)27-16-23(32)31-12-10-30(11-13-31)19-5-3-2-4-6-19/h2-9,14-15H,10-13,16H2,1H3,(H,29,33)(H2,27,28,34). The second-order valence-electron chi connectivity index (χ2n) is 8.05. The van der Waals surface area contributed by atoms with Crippen LogP contribution in [-0.4, -0.2) is 55.5 Å². The normalized spacial score (nSPS) is 13.3. The van der Waals surface area contributed by atoms with Crippen molar-refractivity contribution in [2.75, 3.05) is 48.3 Å². The van der Waals surface area contributed by atoms with E-state index in [9.17, 15) is 18.8 Å². The predicted octanol–water partition coefficient (Wildman–Crippen LogP) is 3.45. The van der Waals surface area contributed by atoms with Crippen molar-refractivity contribution in [3.05, 3.63) is 78.0 Å². The molecule has 3 N–H and O–H groups in total. The third-order valence-electron chi connectivity index (χ3n) is 5.73. The highest BCUT2D eigenvalue weighted by Crippen LogP contribution is 2.21. The molecule has 3 aromatic rings. The Kier molecular flexibility index (Phi) is 7.30. The summed E-state index contributed by atoms with van der Waals surface area (Å²) >= 11 is 0. The Hall–Kier alpha value is -4.34. The van der Waals surface area contributed by atoms with Crippen LogP contribution in [0.15, 0.2) is 65.3 Å². The van der Waals surface area contributed by atoms with Crippen molar-refractivity contribution in [2.24, 2.45) is 0 Å². The number of carbonyl (C=O) groups is 3. The number of amides is 4. The molecule has 4 amide bonds. The Morgan fingerprint density at radius 2 is 1.71 bits per heavy atom. The number of benzene rings is 2. The number of furan rings is 1. The van der Waals surface area contributed by atoms with Crippen molar-refractivity contribution in [1.29, 1.82) is 0 Å². The number of para-hydroxylation sites is 1. The van der Waals surface area contributed by atoms with Gasteiger partial charge in [-0.3, -0.25) is 9.59 Å². The zero-order valence-corrected chi connectivity index (χ0v) is 19.2. The molecule has 2 aromatic carbocycles. The highest BCUT2D eigenvalue weighted by Gasteiger charge is 2.21. The molecule has 0 saturated carbocycles. The van der Waals surface area contributed by atoms with Crippen molar-refractivity contribution < 1.29 is 23.2 Å². The third-order valence-corrected chi connectivity index (χ3v) is 5.73. The first-order valence-corrected chi connectivity index (χ1v) is 11.2. The van der Waals surface area contributed by atoms with Crippen LogP contribution >= 0.6 is 0 Å². The van der Waals surface area contributed by atoms with E-state index < -0.39 is 17.8 Å². The molecule has 1 aliphatic heterocycles. The molecule has 9 nitrogen and oxygen atoms in total. The number of hydrogen-bond donors (Lipinski definition) is 3. The zero-order chi connectivity index (χ0) is 24.8. The molecular formula is C25H26FN5O4. The molecule has 0 radical (unpaired) electrons. The number of urea groups is 1. The monoisotopic (exact) mass is 479 g/mol. The minimum Gasteiger partial charge on any atom is -0.469 e. The predicted molar refractivity (Wildman–Crippen MR) is 130 cm³/mol. The van der Waals surface area contributed by atoms with Crippen LogP contribution in [0.4, 0.5) is 26.2 Å². The highest BCUT2D eigenvalue weighted by molar-refractivity contribution is 6.05. The van der Waals surface area contributed by atoms with E-state index in [-0.39, 0.29) is 29.4 Å². The number of hydrogen-bond acceptors (Lipinski definition) is 5. The van der Waals surface area contributed by atoms with E-state index in [1.807, 2.05) is 30.3 Å². The van der Waals surface area contributed by atoms with Gasteiger partial charge in [0.1, 0.15) is 11.6 Å². The summed E-state index contributed by atoms with van der Waals surface area (Å²) in [4.78, 5) is 41.1. The Bertz CT molecular complexity index is 1210. The van der Waals surface area contributed by atoms with E-state index in [1.165, 1.54) is 24.5 Å². The molecule has 1 saturated heterocycles. The third kappa shape index (κ3) is 5.97. The second kappa shape index (κ2) is 10.7. The minimum atomic E-state index is -0.657. The number of aryl methyl sites for hydroxylation is 1. The summed E-state index contributed by atoms with van der Waals surface area (Å²) in [5.74, 6) is -0.969. The number of anilines is 3. The van der Waals surface area contributed by atoms with Crippen LogP contribution in [0.1, 0.15) is 16.1 Å². The molecule has 4 rings (SSSR count). The number of halogens is 1. The van der Waals surface area contributed by atoms with Crippen molar-refractivity contribution in [1.82, 2.24) is 10.2 Å². The highest BCUT2D eigenvalue weighted by atomic mass is 19.1. The van der Waals surface area contributed by atoms with Crippen LogP contribution in [0.5, 0.6) is 0 Å². The van der Waals surface area contributed by atoms with Gasteiger partial charge in [0.25, 0.3) is 5.91 Å². The smallest absolute Gasteiger partial charge is 0.319 e. The lowest BCUT2D eigenvalue weighted by molar-refractivity contribution is -0.130. The topological polar surface area (TPSA) is 107 Å². The van der Waals surface area contributed by atoms with E-state index >= 15 is 0 Å². The Morgan fingerprint density at radius 3 is 2.40 bits per heavy atom. The number of nitrogens with one attached hydrogen (secondary N) is 3. The van der Waals surface area contributed by atoms with Crippen LogP contribution in [0.3, 0.4) is 0 Å². The van der Waals surface area contributed by atoms with Gasteiger partial charge in [0.05, 0.1) is 24.1 Å². The maximum atomic E-state index is 14.2. The van der Waals surface area contributed by atoms with Crippen LogP contribution < -0.4 is 20.9 Å². The summed E-state index contributed by atoms with van der Waals surface area (Å²) in [6, 6.07) is 14.7. The molecule has 1 fully saturated rings. The largest absolute Gasteiger partial charge is 0.469 e. The van der Waals surface area contributed by atoms with E-state index in [2.05, 4.69) is 20.9 Å². The van der Waals surface area contributed by atoms with Gasteiger partial charge in [0, 0.05) is 37.6 Å². The molecule has 0 bridgehead atoms. The van der Waals surface area contributed by atoms with E-state index in [0.29, 0.717) is 31.9 Å². The molecule has 0 spiro atoms. The van der Waals surface area contributed by atoms with Gasteiger partial charge in [-0.15, -0.1) is 0 Å².